The van der Waals surface area contributed by atoms with Crippen molar-refractivity contribution in [1.29, 1.82) is 0 Å². The Bertz CT molecular complexity index is 862. The molecule has 1 fully saturated rings. The SMILES string of the molecule is CCCCCCCCCCCCCCCCCCCCCCCCCCCCCCCCC(=O)NC(COC1OC(CO)C(O)C(O)C1O)C(O)CCCCCC. The van der Waals surface area contributed by atoms with Crippen LogP contribution < -0.4 is 5.32 Å². The predicted octanol–water partition coefficient (Wildman–Crippen LogP) is 10.7. The van der Waals surface area contributed by atoms with Crippen LogP contribution in [0.25, 0.3) is 0 Å². The Morgan fingerprint density at radius 3 is 1.25 bits per heavy atom. The number of ether oxygens (including phenoxy) is 2. The molecule has 1 amide bonds. The summed E-state index contributed by atoms with van der Waals surface area (Å²) < 4.78 is 11.1. The highest BCUT2D eigenvalue weighted by Crippen LogP contribution is 2.23. The minimum absolute atomic E-state index is 0.136. The van der Waals surface area contributed by atoms with E-state index in [1.165, 1.54) is 173 Å². The van der Waals surface area contributed by atoms with E-state index in [2.05, 4.69) is 19.2 Å². The minimum Gasteiger partial charge on any atom is -0.394 e. The van der Waals surface area contributed by atoms with Crippen molar-refractivity contribution in [2.45, 2.75) is 288 Å². The second kappa shape index (κ2) is 39.3. The first kappa shape index (κ1) is 54.2. The average Bonchev–Trinajstić information content (AvgIpc) is 3.21. The van der Waals surface area contributed by atoms with Gasteiger partial charge in [-0.05, 0) is 12.8 Å². The van der Waals surface area contributed by atoms with Gasteiger partial charge >= 0.3 is 0 Å². The minimum atomic E-state index is -1.55. The average molecular weight is 814 g/mol. The molecule has 9 heteroatoms. The van der Waals surface area contributed by atoms with Gasteiger partial charge in [0.1, 0.15) is 24.4 Å². The van der Waals surface area contributed by atoms with Gasteiger partial charge < -0.3 is 40.3 Å². The Morgan fingerprint density at radius 1 is 0.526 bits per heavy atom. The van der Waals surface area contributed by atoms with Gasteiger partial charge in [0.15, 0.2) is 6.29 Å². The van der Waals surface area contributed by atoms with Crippen LogP contribution in [0.5, 0.6) is 0 Å². The third kappa shape index (κ3) is 30.0. The van der Waals surface area contributed by atoms with Gasteiger partial charge in [0, 0.05) is 6.42 Å². The lowest BCUT2D eigenvalue weighted by atomic mass is 9.99. The zero-order valence-corrected chi connectivity index (χ0v) is 37.4. The van der Waals surface area contributed by atoms with Crippen molar-refractivity contribution in [1.82, 2.24) is 5.32 Å². The van der Waals surface area contributed by atoms with Crippen molar-refractivity contribution >= 4 is 5.91 Å². The molecular formula is C48H95NO8. The molecule has 0 aromatic rings. The Hall–Kier alpha value is -0.810. The van der Waals surface area contributed by atoms with E-state index in [0.717, 1.165) is 44.9 Å². The third-order valence-electron chi connectivity index (χ3n) is 12.2. The van der Waals surface area contributed by atoms with Crippen molar-refractivity contribution in [3.05, 3.63) is 0 Å². The maximum absolute atomic E-state index is 12.8. The van der Waals surface area contributed by atoms with Gasteiger partial charge in [-0.1, -0.05) is 226 Å². The summed E-state index contributed by atoms with van der Waals surface area (Å²) in [5.41, 5.74) is 0. The molecule has 0 saturated carbocycles. The molecule has 340 valence electrons. The summed E-state index contributed by atoms with van der Waals surface area (Å²) in [6, 6.07) is -0.708. The Balaban J connectivity index is 1.98. The fraction of sp³-hybridized carbons (Fsp3) is 0.979. The molecule has 1 aliphatic heterocycles. The summed E-state index contributed by atoms with van der Waals surface area (Å²) in [5, 5.41) is 53.7. The molecule has 0 bridgehead atoms. The standard InChI is InChI=1S/C48H95NO8/c1-3-5-7-9-10-11-12-13-14-15-16-17-18-19-20-21-22-23-24-25-26-27-28-29-30-31-32-33-34-36-38-44(52)49-41(42(51)37-35-8-6-4-2)40-56-48-47(55)46(54)45(53)43(39-50)57-48/h41-43,45-48,50-51,53-55H,3-40H2,1-2H3,(H,49,52). The van der Waals surface area contributed by atoms with Gasteiger partial charge in [-0.2, -0.15) is 0 Å². The highest BCUT2D eigenvalue weighted by atomic mass is 16.7. The molecular weight excluding hydrogens is 719 g/mol. The molecule has 1 rings (SSSR count). The lowest BCUT2D eigenvalue weighted by Gasteiger charge is -2.40. The van der Waals surface area contributed by atoms with Gasteiger partial charge in [0.05, 0.1) is 25.4 Å². The van der Waals surface area contributed by atoms with Crippen LogP contribution in [0.1, 0.15) is 245 Å². The van der Waals surface area contributed by atoms with Crippen LogP contribution in [0.4, 0.5) is 0 Å². The summed E-state index contributed by atoms with van der Waals surface area (Å²) in [6.07, 6.45) is 37.9. The number of hydrogen-bond acceptors (Lipinski definition) is 8. The molecule has 1 aliphatic rings. The number of aliphatic hydroxyl groups is 5. The molecule has 57 heavy (non-hydrogen) atoms. The number of amides is 1. The monoisotopic (exact) mass is 814 g/mol. The summed E-state index contributed by atoms with van der Waals surface area (Å²) in [5.74, 6) is -0.148. The predicted molar refractivity (Wildman–Crippen MR) is 235 cm³/mol. The number of hydrogen-bond donors (Lipinski definition) is 6. The van der Waals surface area contributed by atoms with Crippen molar-refractivity contribution in [2.75, 3.05) is 13.2 Å². The van der Waals surface area contributed by atoms with Crippen LogP contribution >= 0.6 is 0 Å². The van der Waals surface area contributed by atoms with E-state index in [9.17, 15) is 30.3 Å². The summed E-state index contributed by atoms with van der Waals surface area (Å²) >= 11 is 0. The van der Waals surface area contributed by atoms with Gasteiger partial charge in [0.25, 0.3) is 0 Å². The lowest BCUT2D eigenvalue weighted by Crippen LogP contribution is -2.60. The normalized spacial score (nSPS) is 20.9. The molecule has 1 saturated heterocycles. The van der Waals surface area contributed by atoms with E-state index in [4.69, 9.17) is 9.47 Å². The van der Waals surface area contributed by atoms with Crippen molar-refractivity contribution in [3.63, 3.8) is 0 Å². The number of nitrogens with one attached hydrogen (secondary N) is 1. The van der Waals surface area contributed by atoms with Crippen LogP contribution in [0.15, 0.2) is 0 Å². The third-order valence-corrected chi connectivity index (χ3v) is 12.2. The number of rotatable bonds is 42. The zero-order valence-electron chi connectivity index (χ0n) is 37.4. The molecule has 0 aromatic carbocycles. The molecule has 7 atom stereocenters. The van der Waals surface area contributed by atoms with Crippen molar-refractivity contribution in [3.8, 4) is 0 Å². The summed E-state index contributed by atoms with van der Waals surface area (Å²) in [6.45, 7) is 3.73. The molecule has 0 aromatic heterocycles. The molecule has 6 N–H and O–H groups in total. The Labute approximate surface area is 351 Å². The maximum atomic E-state index is 12.8. The van der Waals surface area contributed by atoms with Crippen LogP contribution in [-0.2, 0) is 14.3 Å². The van der Waals surface area contributed by atoms with Gasteiger partial charge in [-0.15, -0.1) is 0 Å². The van der Waals surface area contributed by atoms with E-state index in [1.807, 2.05) is 0 Å². The topological polar surface area (TPSA) is 149 Å². The summed E-state index contributed by atoms with van der Waals surface area (Å²) in [4.78, 5) is 12.8. The first-order chi connectivity index (χ1) is 27.8. The van der Waals surface area contributed by atoms with E-state index < -0.39 is 49.5 Å². The van der Waals surface area contributed by atoms with Gasteiger partial charge in [0.2, 0.25) is 5.91 Å². The van der Waals surface area contributed by atoms with Crippen LogP contribution in [0, 0.1) is 0 Å². The Kier molecular flexibility index (Phi) is 37.4. The van der Waals surface area contributed by atoms with Crippen molar-refractivity contribution < 1.29 is 39.8 Å². The largest absolute Gasteiger partial charge is 0.394 e. The van der Waals surface area contributed by atoms with E-state index in [-0.39, 0.29) is 12.5 Å². The zero-order chi connectivity index (χ0) is 41.6. The second-order valence-electron chi connectivity index (χ2n) is 17.6. The molecule has 0 spiro atoms. The maximum Gasteiger partial charge on any atom is 0.220 e. The number of carbonyl (C=O) groups is 1. The smallest absolute Gasteiger partial charge is 0.220 e. The Morgan fingerprint density at radius 2 is 0.877 bits per heavy atom. The van der Waals surface area contributed by atoms with Crippen molar-refractivity contribution in [2.24, 2.45) is 0 Å². The number of unbranched alkanes of at least 4 members (excludes halogenated alkanes) is 32. The highest BCUT2D eigenvalue weighted by Gasteiger charge is 2.44. The molecule has 0 aliphatic carbocycles. The fourth-order valence-corrected chi connectivity index (χ4v) is 8.22. The number of carbonyl (C=O) groups excluding carboxylic acids is 1. The highest BCUT2D eigenvalue weighted by molar-refractivity contribution is 5.76. The first-order valence-electron chi connectivity index (χ1n) is 24.7. The van der Waals surface area contributed by atoms with Crippen LogP contribution in [0.2, 0.25) is 0 Å². The fourth-order valence-electron chi connectivity index (χ4n) is 8.22. The first-order valence-corrected chi connectivity index (χ1v) is 24.7. The number of aliphatic hydroxyl groups excluding tert-OH is 5. The van der Waals surface area contributed by atoms with E-state index in [0.29, 0.717) is 12.8 Å². The van der Waals surface area contributed by atoms with Gasteiger partial charge in [-0.25, -0.2) is 0 Å². The molecule has 0 radical (unpaired) electrons. The van der Waals surface area contributed by atoms with E-state index >= 15 is 0 Å². The van der Waals surface area contributed by atoms with E-state index in [1.54, 1.807) is 0 Å². The molecule has 7 unspecified atom stereocenters. The van der Waals surface area contributed by atoms with Crippen LogP contribution in [-0.4, -0.2) is 87.5 Å². The second-order valence-corrected chi connectivity index (χ2v) is 17.6. The molecule has 9 nitrogen and oxygen atoms in total. The quantitative estimate of drug-likeness (QED) is 0.0334. The van der Waals surface area contributed by atoms with Crippen LogP contribution in [0.3, 0.4) is 0 Å². The van der Waals surface area contributed by atoms with Gasteiger partial charge in [-0.3, -0.25) is 4.79 Å². The lowest BCUT2D eigenvalue weighted by molar-refractivity contribution is -0.302. The summed E-state index contributed by atoms with van der Waals surface area (Å²) in [7, 11) is 0. The molecule has 1 heterocycles.